The summed E-state index contributed by atoms with van der Waals surface area (Å²) in [6.45, 7) is 8.50. The zero-order valence-corrected chi connectivity index (χ0v) is 14.7. The molecule has 2 heterocycles. The van der Waals surface area contributed by atoms with Crippen molar-refractivity contribution < 1.29 is 14.3 Å². The Hall–Kier alpha value is -2.08. The highest BCUT2D eigenvalue weighted by atomic mass is 32.1. The van der Waals surface area contributed by atoms with E-state index in [1.54, 1.807) is 18.3 Å². The number of rotatable bonds is 6. The minimum atomic E-state index is -0.803. The molecule has 1 amide bonds. The maximum Gasteiger partial charge on any atom is 0.340 e. The molecule has 5 nitrogen and oxygen atoms in total. The number of hydrogen-bond acceptors (Lipinski definition) is 4. The second-order valence-electron chi connectivity index (χ2n) is 5.39. The molecule has 2 aromatic heterocycles. The highest BCUT2D eigenvalue weighted by molar-refractivity contribution is 7.09. The summed E-state index contributed by atoms with van der Waals surface area (Å²) in [6, 6.07) is 5.89. The molecule has 0 radical (unpaired) electrons. The fourth-order valence-electron chi connectivity index (χ4n) is 2.40. The maximum atomic E-state index is 12.3. The van der Waals surface area contributed by atoms with E-state index in [9.17, 15) is 9.59 Å². The average molecular weight is 334 g/mol. The van der Waals surface area contributed by atoms with Gasteiger partial charge in [-0.15, -0.1) is 11.3 Å². The van der Waals surface area contributed by atoms with Gasteiger partial charge in [0.1, 0.15) is 0 Å². The maximum absolute atomic E-state index is 12.3. The first-order valence-electron chi connectivity index (χ1n) is 7.61. The van der Waals surface area contributed by atoms with Crippen molar-refractivity contribution >= 4 is 23.2 Å². The summed E-state index contributed by atoms with van der Waals surface area (Å²) in [4.78, 5) is 25.3. The van der Waals surface area contributed by atoms with Crippen LogP contribution in [0.3, 0.4) is 0 Å². The smallest absolute Gasteiger partial charge is 0.340 e. The van der Waals surface area contributed by atoms with E-state index in [0.717, 1.165) is 17.9 Å². The van der Waals surface area contributed by atoms with Gasteiger partial charge in [-0.3, -0.25) is 4.79 Å². The van der Waals surface area contributed by atoms with E-state index in [-0.39, 0.29) is 5.91 Å². The van der Waals surface area contributed by atoms with Gasteiger partial charge in [0, 0.05) is 22.8 Å². The quantitative estimate of drug-likeness (QED) is 0.826. The number of amides is 1. The number of nitrogens with one attached hydrogen (secondary N) is 1. The number of aryl methyl sites for hydroxylation is 1. The summed E-state index contributed by atoms with van der Waals surface area (Å²) < 4.78 is 7.36. The largest absolute Gasteiger partial charge is 0.449 e. The molecule has 0 saturated carbocycles. The molecule has 2 rings (SSSR count). The van der Waals surface area contributed by atoms with Gasteiger partial charge in [-0.05, 0) is 45.2 Å². The van der Waals surface area contributed by atoms with Crippen LogP contribution in [-0.4, -0.2) is 29.1 Å². The van der Waals surface area contributed by atoms with E-state index in [1.807, 2.05) is 38.3 Å². The van der Waals surface area contributed by atoms with Crippen LogP contribution >= 0.6 is 11.3 Å². The topological polar surface area (TPSA) is 60.3 Å². The number of nitrogens with zero attached hydrogens (tertiary/aromatic N) is 1. The molecule has 0 bridgehead atoms. The van der Waals surface area contributed by atoms with Crippen LogP contribution in [-0.2, 0) is 16.1 Å². The molecular formula is C17H22N2O3S. The Morgan fingerprint density at radius 1 is 1.39 bits per heavy atom. The van der Waals surface area contributed by atoms with Gasteiger partial charge in [0.15, 0.2) is 6.10 Å². The van der Waals surface area contributed by atoms with E-state index in [2.05, 4.69) is 16.0 Å². The highest BCUT2D eigenvalue weighted by Gasteiger charge is 2.22. The van der Waals surface area contributed by atoms with Crippen molar-refractivity contribution in [2.75, 3.05) is 6.54 Å². The van der Waals surface area contributed by atoms with E-state index in [0.29, 0.717) is 12.1 Å². The van der Waals surface area contributed by atoms with E-state index >= 15 is 0 Å². The zero-order chi connectivity index (χ0) is 17.0. The molecule has 1 atom stereocenters. The third kappa shape index (κ3) is 4.01. The van der Waals surface area contributed by atoms with Gasteiger partial charge < -0.3 is 14.6 Å². The van der Waals surface area contributed by atoms with Gasteiger partial charge in [0.05, 0.1) is 12.1 Å². The van der Waals surface area contributed by atoms with Crippen LogP contribution in [0, 0.1) is 13.8 Å². The monoisotopic (exact) mass is 334 g/mol. The fraction of sp³-hybridized carbons (Fsp3) is 0.412. The number of likely N-dealkylation sites (N-methyl/N-ethyl adjacent to an activating group) is 1. The van der Waals surface area contributed by atoms with Crippen LogP contribution in [0.15, 0.2) is 23.6 Å². The van der Waals surface area contributed by atoms with Crippen molar-refractivity contribution in [3.63, 3.8) is 0 Å². The SMILES string of the molecule is CCNC(=O)[C@H](C)OC(=O)c1cc(C)n(Cc2cccs2)c1C. The lowest BCUT2D eigenvalue weighted by Gasteiger charge is -2.13. The van der Waals surface area contributed by atoms with Crippen molar-refractivity contribution in [2.45, 2.75) is 40.3 Å². The molecule has 0 unspecified atom stereocenters. The first kappa shape index (κ1) is 17.3. The summed E-state index contributed by atoms with van der Waals surface area (Å²) in [5.41, 5.74) is 2.35. The standard InChI is InChI=1S/C17H22N2O3S/c1-5-18-16(20)13(4)22-17(21)15-9-11(2)19(12(15)3)10-14-7-6-8-23-14/h6-9,13H,5,10H2,1-4H3,(H,18,20)/t13-/m0/s1. The summed E-state index contributed by atoms with van der Waals surface area (Å²) >= 11 is 1.68. The van der Waals surface area contributed by atoms with Crippen molar-refractivity contribution in [1.29, 1.82) is 0 Å². The number of esters is 1. The Labute approximate surface area is 140 Å². The molecule has 1 N–H and O–H groups in total. The number of ether oxygens (including phenoxy) is 1. The van der Waals surface area contributed by atoms with E-state index in [4.69, 9.17) is 4.74 Å². The molecule has 0 spiro atoms. The molecule has 0 fully saturated rings. The lowest BCUT2D eigenvalue weighted by atomic mass is 10.2. The normalized spacial score (nSPS) is 12.0. The first-order valence-corrected chi connectivity index (χ1v) is 8.49. The van der Waals surface area contributed by atoms with Gasteiger partial charge in [0.2, 0.25) is 0 Å². The lowest BCUT2D eigenvalue weighted by Crippen LogP contribution is -2.35. The highest BCUT2D eigenvalue weighted by Crippen LogP contribution is 2.20. The molecule has 124 valence electrons. The molecular weight excluding hydrogens is 312 g/mol. The Morgan fingerprint density at radius 3 is 2.74 bits per heavy atom. The molecule has 0 aliphatic heterocycles. The molecule has 0 aliphatic rings. The second-order valence-corrected chi connectivity index (χ2v) is 6.42. The molecule has 6 heteroatoms. The third-order valence-corrected chi connectivity index (χ3v) is 4.55. The van der Waals surface area contributed by atoms with Crippen LogP contribution in [0.25, 0.3) is 0 Å². The Kier molecular flexibility index (Phi) is 5.60. The van der Waals surface area contributed by atoms with Crippen LogP contribution < -0.4 is 5.32 Å². The third-order valence-electron chi connectivity index (χ3n) is 3.69. The molecule has 0 aliphatic carbocycles. The van der Waals surface area contributed by atoms with Crippen LogP contribution in [0.4, 0.5) is 0 Å². The minimum absolute atomic E-state index is 0.284. The summed E-state index contributed by atoms with van der Waals surface area (Å²) in [6.07, 6.45) is -0.803. The van der Waals surface area contributed by atoms with Gasteiger partial charge in [-0.1, -0.05) is 6.07 Å². The number of carbonyl (C=O) groups excluding carboxylic acids is 2. The van der Waals surface area contributed by atoms with Crippen molar-refractivity contribution in [3.8, 4) is 0 Å². The summed E-state index contributed by atoms with van der Waals surface area (Å²) in [5, 5.41) is 4.68. The van der Waals surface area contributed by atoms with Gasteiger partial charge in [-0.25, -0.2) is 4.79 Å². The number of thiophene rings is 1. The molecule has 2 aromatic rings. The predicted molar refractivity (Wildman–Crippen MR) is 90.9 cm³/mol. The van der Waals surface area contributed by atoms with Gasteiger partial charge >= 0.3 is 5.97 Å². The van der Waals surface area contributed by atoms with Gasteiger partial charge in [0.25, 0.3) is 5.91 Å². The fourth-order valence-corrected chi connectivity index (χ4v) is 3.10. The van der Waals surface area contributed by atoms with Crippen LogP contribution in [0.1, 0.15) is 40.5 Å². The molecule has 0 aromatic carbocycles. The Bertz CT molecular complexity index is 689. The van der Waals surface area contributed by atoms with Crippen molar-refractivity contribution in [3.05, 3.63) is 45.4 Å². The number of aromatic nitrogens is 1. The lowest BCUT2D eigenvalue weighted by molar-refractivity contribution is -0.128. The van der Waals surface area contributed by atoms with Gasteiger partial charge in [-0.2, -0.15) is 0 Å². The number of hydrogen-bond donors (Lipinski definition) is 1. The zero-order valence-electron chi connectivity index (χ0n) is 13.9. The first-order chi connectivity index (χ1) is 10.9. The predicted octanol–water partition coefficient (Wildman–Crippen LogP) is 2.90. The van der Waals surface area contributed by atoms with E-state index in [1.165, 1.54) is 4.88 Å². The molecule has 23 heavy (non-hydrogen) atoms. The summed E-state index contributed by atoms with van der Waals surface area (Å²) in [5.74, 6) is -0.748. The molecule has 0 saturated heterocycles. The number of carbonyl (C=O) groups is 2. The van der Waals surface area contributed by atoms with Crippen molar-refractivity contribution in [2.24, 2.45) is 0 Å². The average Bonchev–Trinajstić information content (AvgIpc) is 3.11. The van der Waals surface area contributed by atoms with Crippen LogP contribution in [0.2, 0.25) is 0 Å². The Morgan fingerprint density at radius 2 is 2.13 bits per heavy atom. The second kappa shape index (κ2) is 7.46. The van der Waals surface area contributed by atoms with Crippen LogP contribution in [0.5, 0.6) is 0 Å². The van der Waals surface area contributed by atoms with Crippen molar-refractivity contribution in [1.82, 2.24) is 9.88 Å². The Balaban J connectivity index is 2.14. The van der Waals surface area contributed by atoms with E-state index < -0.39 is 12.1 Å². The summed E-state index contributed by atoms with van der Waals surface area (Å²) in [7, 11) is 0. The minimum Gasteiger partial charge on any atom is -0.449 e.